The Bertz CT molecular complexity index is 686. The summed E-state index contributed by atoms with van der Waals surface area (Å²) in [5.74, 6) is 0.275. The lowest BCUT2D eigenvalue weighted by Gasteiger charge is -2.34. The molecule has 0 aromatic heterocycles. The Morgan fingerprint density at radius 1 is 1.28 bits per heavy atom. The van der Waals surface area contributed by atoms with E-state index in [9.17, 15) is 13.2 Å². The van der Waals surface area contributed by atoms with Gasteiger partial charge in [0, 0.05) is 18.4 Å². The van der Waals surface area contributed by atoms with Crippen LogP contribution in [-0.4, -0.2) is 44.5 Å². The number of nitrogens with one attached hydrogen (secondary N) is 2. The Hall–Kier alpha value is -1.31. The summed E-state index contributed by atoms with van der Waals surface area (Å²) in [4.78, 5) is 12.7. The number of carbonyl (C=O) groups excluding carboxylic acids is 1. The predicted molar refractivity (Wildman–Crippen MR) is 101 cm³/mol. The molecule has 1 aromatic rings. The van der Waals surface area contributed by atoms with Gasteiger partial charge >= 0.3 is 0 Å². The lowest BCUT2D eigenvalue weighted by molar-refractivity contribution is -0.124. The van der Waals surface area contributed by atoms with Crippen molar-refractivity contribution in [3.8, 4) is 5.75 Å². The van der Waals surface area contributed by atoms with Crippen LogP contribution in [0, 0.1) is 0 Å². The van der Waals surface area contributed by atoms with Gasteiger partial charge in [-0.05, 0) is 45.8 Å². The second kappa shape index (κ2) is 8.87. The van der Waals surface area contributed by atoms with E-state index in [1.807, 2.05) is 38.1 Å². The van der Waals surface area contributed by atoms with Gasteiger partial charge in [-0.1, -0.05) is 18.2 Å². The molecule has 0 atom stereocenters. The smallest absolute Gasteiger partial charge is 0.241 e. The van der Waals surface area contributed by atoms with Gasteiger partial charge in [-0.15, -0.1) is 12.4 Å². The zero-order valence-electron chi connectivity index (χ0n) is 14.9. The van der Waals surface area contributed by atoms with Crippen LogP contribution in [0.1, 0.15) is 32.3 Å². The highest BCUT2D eigenvalue weighted by molar-refractivity contribution is 7.92. The number of benzene rings is 1. The van der Waals surface area contributed by atoms with Crippen molar-refractivity contribution in [2.75, 3.05) is 19.3 Å². The van der Waals surface area contributed by atoms with Crippen LogP contribution in [0.3, 0.4) is 0 Å². The fraction of sp³-hybridized carbons (Fsp3) is 0.588. The Kier molecular flexibility index (Phi) is 7.71. The molecule has 0 radical (unpaired) electrons. The van der Waals surface area contributed by atoms with E-state index >= 15 is 0 Å². The molecule has 142 valence electrons. The minimum absolute atomic E-state index is 0. The lowest BCUT2D eigenvalue weighted by atomic mass is 9.95. The van der Waals surface area contributed by atoms with Crippen molar-refractivity contribution in [2.24, 2.45) is 0 Å². The first kappa shape index (κ1) is 21.7. The topological polar surface area (TPSA) is 84.5 Å². The maximum absolute atomic E-state index is 12.7. The molecule has 0 unspecified atom stereocenters. The Balaban J connectivity index is 0.00000312. The summed E-state index contributed by atoms with van der Waals surface area (Å²) >= 11 is 0. The number of ether oxygens (including phenoxy) is 1. The van der Waals surface area contributed by atoms with E-state index in [1.54, 1.807) is 0 Å². The van der Waals surface area contributed by atoms with Crippen LogP contribution in [0.5, 0.6) is 5.75 Å². The maximum atomic E-state index is 12.7. The highest BCUT2D eigenvalue weighted by Crippen LogP contribution is 2.28. The number of halogens is 1. The van der Waals surface area contributed by atoms with Crippen LogP contribution in [0.15, 0.2) is 24.3 Å². The molecule has 0 bridgehead atoms. The largest absolute Gasteiger partial charge is 0.491 e. The summed E-state index contributed by atoms with van der Waals surface area (Å²) in [7, 11) is -3.50. The van der Waals surface area contributed by atoms with Gasteiger partial charge in [-0.3, -0.25) is 4.79 Å². The van der Waals surface area contributed by atoms with Crippen LogP contribution in [0.2, 0.25) is 0 Å². The zero-order valence-corrected chi connectivity index (χ0v) is 16.5. The number of amides is 1. The fourth-order valence-electron chi connectivity index (χ4n) is 2.95. The van der Waals surface area contributed by atoms with E-state index < -0.39 is 20.5 Å². The number of hydrogen-bond acceptors (Lipinski definition) is 5. The van der Waals surface area contributed by atoms with Gasteiger partial charge in [0.1, 0.15) is 5.75 Å². The van der Waals surface area contributed by atoms with Crippen LogP contribution in [0.25, 0.3) is 0 Å². The molecule has 25 heavy (non-hydrogen) atoms. The van der Waals surface area contributed by atoms with Gasteiger partial charge < -0.3 is 15.4 Å². The van der Waals surface area contributed by atoms with Crippen LogP contribution in [0.4, 0.5) is 0 Å². The summed E-state index contributed by atoms with van der Waals surface area (Å²) in [6.07, 6.45) is 1.76. The molecule has 0 saturated carbocycles. The van der Waals surface area contributed by atoms with Gasteiger partial charge in [0.15, 0.2) is 14.6 Å². The van der Waals surface area contributed by atoms with E-state index in [0.717, 1.165) is 11.8 Å². The van der Waals surface area contributed by atoms with Gasteiger partial charge in [-0.25, -0.2) is 8.42 Å². The third kappa shape index (κ3) is 5.09. The van der Waals surface area contributed by atoms with E-state index in [0.29, 0.717) is 31.7 Å². The standard InChI is InChI=1S/C17H26N2O4S.ClH/c1-13(2)23-15-7-5-4-6-14(15)12-19-16(20)17(24(3,21)22)8-10-18-11-9-17;/h4-7,13,18H,8-12H2,1-3H3,(H,19,20);1H. The van der Waals surface area contributed by atoms with Gasteiger partial charge in [0.2, 0.25) is 5.91 Å². The van der Waals surface area contributed by atoms with Crippen LogP contribution in [-0.2, 0) is 21.2 Å². The van der Waals surface area contributed by atoms with Crippen molar-refractivity contribution in [2.45, 2.75) is 44.1 Å². The number of carbonyl (C=O) groups is 1. The molecule has 0 aliphatic carbocycles. The highest BCUT2D eigenvalue weighted by Gasteiger charge is 2.48. The molecule has 2 N–H and O–H groups in total. The van der Waals surface area contributed by atoms with Gasteiger partial charge in [-0.2, -0.15) is 0 Å². The third-order valence-electron chi connectivity index (χ3n) is 4.31. The number of para-hydroxylation sites is 1. The molecular formula is C17H27ClN2O4S. The first-order chi connectivity index (χ1) is 11.3. The Morgan fingerprint density at radius 2 is 1.88 bits per heavy atom. The normalized spacial score (nSPS) is 16.8. The van der Waals surface area contributed by atoms with Crippen LogP contribution < -0.4 is 15.4 Å². The quantitative estimate of drug-likeness (QED) is 0.772. The van der Waals surface area contributed by atoms with E-state index in [1.165, 1.54) is 0 Å². The van der Waals surface area contributed by atoms with Crippen molar-refractivity contribution in [1.29, 1.82) is 0 Å². The first-order valence-electron chi connectivity index (χ1n) is 8.19. The Labute approximate surface area is 156 Å². The fourth-order valence-corrected chi connectivity index (χ4v) is 4.31. The summed E-state index contributed by atoms with van der Waals surface area (Å²) in [5.41, 5.74) is 0.831. The molecule has 1 amide bonds. The highest BCUT2D eigenvalue weighted by atomic mass is 35.5. The zero-order chi connectivity index (χ0) is 17.8. The predicted octanol–water partition coefficient (Wildman–Crippen LogP) is 1.68. The maximum Gasteiger partial charge on any atom is 0.241 e. The average Bonchev–Trinajstić information content (AvgIpc) is 2.53. The van der Waals surface area contributed by atoms with E-state index in [4.69, 9.17) is 4.74 Å². The van der Waals surface area contributed by atoms with E-state index in [2.05, 4.69) is 10.6 Å². The SMILES string of the molecule is CC(C)Oc1ccccc1CNC(=O)C1(S(C)(=O)=O)CCNCC1.Cl. The molecule has 0 spiro atoms. The van der Waals surface area contributed by atoms with Crippen molar-refractivity contribution in [3.63, 3.8) is 0 Å². The summed E-state index contributed by atoms with van der Waals surface area (Å²) in [6, 6.07) is 7.45. The number of hydrogen-bond donors (Lipinski definition) is 2. The molecule has 8 heteroatoms. The van der Waals surface area contributed by atoms with E-state index in [-0.39, 0.29) is 25.1 Å². The van der Waals surface area contributed by atoms with Crippen molar-refractivity contribution < 1.29 is 17.9 Å². The number of rotatable bonds is 6. The second-order valence-electron chi connectivity index (χ2n) is 6.47. The number of piperidine rings is 1. The van der Waals surface area contributed by atoms with Crippen molar-refractivity contribution >= 4 is 28.2 Å². The molecule has 1 heterocycles. The van der Waals surface area contributed by atoms with Gasteiger partial charge in [0.05, 0.1) is 6.10 Å². The molecule has 1 saturated heterocycles. The monoisotopic (exact) mass is 390 g/mol. The minimum atomic E-state index is -3.50. The van der Waals surface area contributed by atoms with Crippen molar-refractivity contribution in [1.82, 2.24) is 10.6 Å². The molecule has 2 rings (SSSR count). The molecule has 1 fully saturated rings. The molecule has 1 aliphatic rings. The molecular weight excluding hydrogens is 364 g/mol. The second-order valence-corrected chi connectivity index (χ2v) is 8.80. The Morgan fingerprint density at radius 3 is 2.44 bits per heavy atom. The summed E-state index contributed by atoms with van der Waals surface area (Å²) < 4.78 is 28.9. The molecule has 1 aliphatic heterocycles. The molecule has 6 nitrogen and oxygen atoms in total. The first-order valence-corrected chi connectivity index (χ1v) is 10.1. The lowest BCUT2D eigenvalue weighted by Crippen LogP contribution is -2.57. The summed E-state index contributed by atoms with van der Waals surface area (Å²) in [6.45, 7) is 5.15. The molecule has 1 aromatic carbocycles. The number of sulfone groups is 1. The van der Waals surface area contributed by atoms with Crippen LogP contribution >= 0.6 is 12.4 Å². The minimum Gasteiger partial charge on any atom is -0.491 e. The van der Waals surface area contributed by atoms with Gasteiger partial charge in [0.25, 0.3) is 0 Å². The summed E-state index contributed by atoms with van der Waals surface area (Å²) in [5, 5.41) is 5.91. The third-order valence-corrected chi connectivity index (χ3v) is 6.32. The average molecular weight is 391 g/mol. The van der Waals surface area contributed by atoms with Crippen molar-refractivity contribution in [3.05, 3.63) is 29.8 Å².